The first kappa shape index (κ1) is 39.5. The number of hydrogen-bond acceptors (Lipinski definition) is 0. The van der Waals surface area contributed by atoms with E-state index in [1.54, 1.807) is 0 Å². The van der Waals surface area contributed by atoms with Crippen LogP contribution in [0.25, 0.3) is 21.5 Å². The second-order valence-corrected chi connectivity index (χ2v) is 12.4. The van der Waals surface area contributed by atoms with Crippen molar-refractivity contribution < 1.29 is 25.8 Å². The van der Waals surface area contributed by atoms with E-state index in [1.165, 1.54) is 54.9 Å². The Labute approximate surface area is 267 Å². The molecule has 38 heavy (non-hydrogen) atoms. The van der Waals surface area contributed by atoms with Gasteiger partial charge in [0.15, 0.2) is 0 Å². The largest absolute Gasteiger partial charge is 0.165 e. The average Bonchev–Trinajstić information content (AvgIpc) is 3.33. The fourth-order valence-electron chi connectivity index (χ4n) is 4.67. The third-order valence-electron chi connectivity index (χ3n) is 6.62. The van der Waals surface area contributed by atoms with Gasteiger partial charge in [0.1, 0.15) is 0 Å². The Morgan fingerprint density at radius 1 is 0.526 bits per heavy atom. The van der Waals surface area contributed by atoms with E-state index in [0.717, 1.165) is 9.52 Å². The minimum Gasteiger partial charge on any atom is -0.165 e. The van der Waals surface area contributed by atoms with E-state index in [4.69, 9.17) is 0 Å². The van der Waals surface area contributed by atoms with Gasteiger partial charge in [-0.15, -0.1) is 81.8 Å². The van der Waals surface area contributed by atoms with Crippen LogP contribution in [0.5, 0.6) is 0 Å². The maximum atomic E-state index is 2.39. The standard InChI is InChI=1S/2C16H21.C2H6Si.2ClH.Hf/c2*1-10(2)13-8-14-6-12(5)7-16(14)15(9-13)11(3)4;1-3-2;;;/h2*6-11H,1-5H3;1-2H3;2*1H;/q2*-1;;;;. The van der Waals surface area contributed by atoms with Gasteiger partial charge in [0.25, 0.3) is 0 Å². The van der Waals surface area contributed by atoms with E-state index in [0.29, 0.717) is 23.7 Å². The van der Waals surface area contributed by atoms with Crippen LogP contribution in [0.4, 0.5) is 0 Å². The number of rotatable bonds is 4. The van der Waals surface area contributed by atoms with Gasteiger partial charge in [-0.25, -0.2) is 0 Å². The summed E-state index contributed by atoms with van der Waals surface area (Å²) < 4.78 is 0. The SMILES string of the molecule is C[Si]C.Cc1cc2c(C(C)C)cc(C(C)C)cc2[cH-]1.Cc1cc2c(C(C)C)cc(C(C)C)cc2[cH-]1.Cl.Cl.[Hf]. The molecule has 210 valence electrons. The van der Waals surface area contributed by atoms with Gasteiger partial charge in [0, 0.05) is 35.4 Å². The molecule has 4 rings (SSSR count). The number of halogens is 2. The van der Waals surface area contributed by atoms with Gasteiger partial charge in [0.05, 0.1) is 0 Å². The van der Waals surface area contributed by atoms with Crippen molar-refractivity contribution in [2.24, 2.45) is 0 Å². The van der Waals surface area contributed by atoms with Crippen LogP contribution in [-0.4, -0.2) is 9.52 Å². The van der Waals surface area contributed by atoms with E-state index >= 15 is 0 Å². The second kappa shape index (κ2) is 17.9. The summed E-state index contributed by atoms with van der Waals surface area (Å²) in [5.41, 5.74) is 8.66. The molecule has 0 bridgehead atoms. The molecular weight excluding hydrogens is 686 g/mol. The summed E-state index contributed by atoms with van der Waals surface area (Å²) in [7, 11) is 1.08. The molecular formula is C34H50Cl2HfSi-2. The van der Waals surface area contributed by atoms with Crippen LogP contribution in [-0.2, 0) is 25.8 Å². The Balaban J connectivity index is 0. The summed E-state index contributed by atoms with van der Waals surface area (Å²) in [6.07, 6.45) is 0. The van der Waals surface area contributed by atoms with Gasteiger partial charge in [0.2, 0.25) is 0 Å². The van der Waals surface area contributed by atoms with Gasteiger partial charge in [-0.1, -0.05) is 117 Å². The molecule has 0 heterocycles. The minimum absolute atomic E-state index is 0. The van der Waals surface area contributed by atoms with Crippen molar-refractivity contribution in [1.29, 1.82) is 0 Å². The van der Waals surface area contributed by atoms with E-state index in [9.17, 15) is 0 Å². The third-order valence-corrected chi connectivity index (χ3v) is 6.62. The van der Waals surface area contributed by atoms with Crippen LogP contribution in [0.3, 0.4) is 0 Å². The third kappa shape index (κ3) is 10.4. The normalized spacial score (nSPS) is 10.5. The first-order chi connectivity index (χ1) is 16.4. The number of fused-ring (bicyclic) bond motifs is 2. The second-order valence-electron chi connectivity index (χ2n) is 11.4. The van der Waals surface area contributed by atoms with Crippen LogP contribution >= 0.6 is 24.8 Å². The van der Waals surface area contributed by atoms with E-state index < -0.39 is 0 Å². The minimum atomic E-state index is 0. The number of benzene rings is 2. The summed E-state index contributed by atoms with van der Waals surface area (Å²) in [4.78, 5) is 0. The molecule has 0 atom stereocenters. The molecule has 0 unspecified atom stereocenters. The summed E-state index contributed by atoms with van der Waals surface area (Å²) in [6, 6.07) is 18.7. The van der Waals surface area contributed by atoms with Gasteiger partial charge >= 0.3 is 0 Å². The zero-order valence-corrected chi connectivity index (χ0v) is 32.0. The van der Waals surface area contributed by atoms with Crippen LogP contribution < -0.4 is 0 Å². The number of aryl methyl sites for hydroxylation is 2. The first-order valence-corrected chi connectivity index (χ1v) is 15.4. The summed E-state index contributed by atoms with van der Waals surface area (Å²) in [6.45, 7) is 26.8. The van der Waals surface area contributed by atoms with E-state index in [-0.39, 0.29) is 50.7 Å². The molecule has 2 radical (unpaired) electrons. The predicted molar refractivity (Wildman–Crippen MR) is 177 cm³/mol. The smallest absolute Gasteiger partial charge is 0.0307 e. The molecule has 4 aromatic rings. The number of hydrogen-bond donors (Lipinski definition) is 0. The van der Waals surface area contributed by atoms with Crippen molar-refractivity contribution >= 4 is 55.9 Å². The molecule has 4 aromatic carbocycles. The predicted octanol–water partition coefficient (Wildman–Crippen LogP) is 11.9. The van der Waals surface area contributed by atoms with E-state index in [1.807, 2.05) is 0 Å². The van der Waals surface area contributed by atoms with Crippen molar-refractivity contribution in [1.82, 2.24) is 0 Å². The Bertz CT molecular complexity index is 1130. The van der Waals surface area contributed by atoms with Gasteiger partial charge in [-0.3, -0.25) is 0 Å². The van der Waals surface area contributed by atoms with Crippen LogP contribution in [0.15, 0.2) is 48.5 Å². The molecule has 0 aromatic heterocycles. The Morgan fingerprint density at radius 3 is 1.05 bits per heavy atom. The quantitative estimate of drug-likeness (QED) is 0.145. The average molecular weight is 736 g/mol. The summed E-state index contributed by atoms with van der Waals surface area (Å²) in [5, 5.41) is 5.70. The zero-order valence-electron chi connectivity index (χ0n) is 25.7. The van der Waals surface area contributed by atoms with Crippen molar-refractivity contribution in [3.05, 3.63) is 81.9 Å². The maximum Gasteiger partial charge on any atom is 0.0307 e. The van der Waals surface area contributed by atoms with Gasteiger partial charge < -0.3 is 0 Å². The Morgan fingerprint density at radius 2 is 0.816 bits per heavy atom. The zero-order chi connectivity index (χ0) is 26.4. The molecule has 0 aliphatic rings. The maximum absolute atomic E-state index is 2.39. The molecule has 0 saturated heterocycles. The van der Waals surface area contributed by atoms with Crippen LogP contribution in [0, 0.1) is 13.8 Å². The van der Waals surface area contributed by atoms with Crippen molar-refractivity contribution in [3.8, 4) is 0 Å². The van der Waals surface area contributed by atoms with Crippen molar-refractivity contribution in [2.75, 3.05) is 0 Å². The monoisotopic (exact) mass is 736 g/mol. The summed E-state index contributed by atoms with van der Waals surface area (Å²) in [5.74, 6) is 2.42. The molecule has 0 aliphatic heterocycles. The van der Waals surface area contributed by atoms with Crippen molar-refractivity contribution in [3.63, 3.8) is 0 Å². The first-order valence-electron chi connectivity index (χ1n) is 13.4. The molecule has 4 heteroatoms. The molecule has 0 saturated carbocycles. The molecule has 0 amide bonds. The van der Waals surface area contributed by atoms with Gasteiger partial charge in [-0.05, 0) is 23.7 Å². The molecule has 0 nitrogen and oxygen atoms in total. The van der Waals surface area contributed by atoms with E-state index in [2.05, 4.69) is 131 Å². The fourth-order valence-corrected chi connectivity index (χ4v) is 4.67. The topological polar surface area (TPSA) is 0 Å². The summed E-state index contributed by atoms with van der Waals surface area (Å²) >= 11 is 0. The molecule has 0 fully saturated rings. The van der Waals surface area contributed by atoms with Crippen LogP contribution in [0.2, 0.25) is 13.1 Å². The van der Waals surface area contributed by atoms with Crippen molar-refractivity contribution in [2.45, 2.75) is 106 Å². The van der Waals surface area contributed by atoms with Crippen LogP contribution in [0.1, 0.15) is 112 Å². The molecule has 0 aliphatic carbocycles. The molecule has 0 spiro atoms. The fraction of sp³-hybridized carbons (Fsp3) is 0.471. The molecule has 0 N–H and O–H groups in total. The van der Waals surface area contributed by atoms with Gasteiger partial charge in [-0.2, -0.15) is 12.1 Å². The Hall–Kier alpha value is -0.673. The Kier molecular flexibility index (Phi) is 18.6.